The molecule has 1 fully saturated rings. The summed E-state index contributed by atoms with van der Waals surface area (Å²) < 4.78 is 0. The van der Waals surface area contributed by atoms with E-state index in [2.05, 4.69) is 34.3 Å². The topological polar surface area (TPSA) is 28.2 Å². The molecule has 1 saturated heterocycles. The molecule has 0 radical (unpaired) electrons. The molecule has 0 unspecified atom stereocenters. The van der Waals surface area contributed by atoms with Crippen molar-refractivity contribution >= 4 is 17.3 Å². The summed E-state index contributed by atoms with van der Waals surface area (Å²) in [6.07, 6.45) is 2.95. The Kier molecular flexibility index (Phi) is 6.03. The van der Waals surface area contributed by atoms with Crippen molar-refractivity contribution in [1.82, 2.24) is 10.3 Å². The molecule has 1 aliphatic heterocycles. The normalized spacial score (nSPS) is 17.3. The minimum Gasteiger partial charge on any atom is -0.370 e. The molecule has 3 rings (SSSR count). The monoisotopic (exact) mass is 303 g/mol. The van der Waals surface area contributed by atoms with Crippen molar-refractivity contribution < 1.29 is 0 Å². The third-order valence-electron chi connectivity index (χ3n) is 3.61. The number of nitrogens with zero attached hydrogens (tertiary/aromatic N) is 2. The first-order chi connectivity index (χ1) is 10.2. The van der Waals surface area contributed by atoms with Gasteiger partial charge in [0.2, 0.25) is 0 Å². The molecule has 3 nitrogen and oxygen atoms in total. The first-order valence-corrected chi connectivity index (χ1v) is 7.62. The van der Waals surface area contributed by atoms with Gasteiger partial charge in [-0.3, -0.25) is 0 Å². The quantitative estimate of drug-likeness (QED) is 0.860. The molecule has 0 amide bonds. The SMILES string of the molecule is CN[C@@H]1CCN(c2ccnc(Cl)c2)C1.Cc1ccccc1. The fraction of sp³-hybridized carbons (Fsp3) is 0.353. The largest absolute Gasteiger partial charge is 0.370 e. The van der Waals surface area contributed by atoms with Gasteiger partial charge in [0, 0.05) is 31.0 Å². The van der Waals surface area contributed by atoms with Gasteiger partial charge in [0.05, 0.1) is 0 Å². The number of aryl methyl sites for hydroxylation is 1. The van der Waals surface area contributed by atoms with Crippen LogP contribution in [0.1, 0.15) is 12.0 Å². The van der Waals surface area contributed by atoms with Gasteiger partial charge in [0.1, 0.15) is 5.15 Å². The first-order valence-electron chi connectivity index (χ1n) is 7.24. The average molecular weight is 304 g/mol. The lowest BCUT2D eigenvalue weighted by Gasteiger charge is -2.18. The highest BCUT2D eigenvalue weighted by Gasteiger charge is 2.20. The Hall–Kier alpha value is -1.58. The molecule has 1 aromatic heterocycles. The van der Waals surface area contributed by atoms with E-state index in [1.54, 1.807) is 6.20 Å². The second kappa shape index (κ2) is 8.01. The molecule has 21 heavy (non-hydrogen) atoms. The van der Waals surface area contributed by atoms with Crippen LogP contribution in [0.4, 0.5) is 5.69 Å². The number of anilines is 1. The zero-order valence-electron chi connectivity index (χ0n) is 12.6. The number of likely N-dealkylation sites (N-methyl/N-ethyl adjacent to an activating group) is 1. The number of rotatable bonds is 2. The van der Waals surface area contributed by atoms with Gasteiger partial charge in [0.15, 0.2) is 0 Å². The summed E-state index contributed by atoms with van der Waals surface area (Å²) in [5.41, 5.74) is 2.49. The molecule has 0 spiro atoms. The predicted octanol–water partition coefficient (Wildman–Crippen LogP) is 3.53. The Bertz CT molecular complexity index is 545. The first kappa shape index (κ1) is 15.8. The van der Waals surface area contributed by atoms with Crippen molar-refractivity contribution in [2.24, 2.45) is 0 Å². The van der Waals surface area contributed by atoms with Crippen LogP contribution in [0.2, 0.25) is 5.15 Å². The highest BCUT2D eigenvalue weighted by Crippen LogP contribution is 2.21. The van der Waals surface area contributed by atoms with E-state index in [0.29, 0.717) is 11.2 Å². The predicted molar refractivity (Wildman–Crippen MR) is 90.1 cm³/mol. The van der Waals surface area contributed by atoms with Crippen molar-refractivity contribution in [1.29, 1.82) is 0 Å². The molecular formula is C17H22ClN3. The lowest BCUT2D eigenvalue weighted by Crippen LogP contribution is -2.29. The Morgan fingerprint density at radius 1 is 1.24 bits per heavy atom. The standard InChI is InChI=1S/C10H14ClN3.C7H8/c1-12-8-3-5-14(7-8)9-2-4-13-10(11)6-9;1-7-5-3-2-4-6-7/h2,4,6,8,12H,3,5,7H2,1H3;2-6H,1H3/t8-;/m1./s1. The summed E-state index contributed by atoms with van der Waals surface area (Å²) in [6, 6.07) is 14.8. The van der Waals surface area contributed by atoms with E-state index < -0.39 is 0 Å². The second-order valence-corrected chi connectivity index (χ2v) is 5.60. The van der Waals surface area contributed by atoms with E-state index >= 15 is 0 Å². The molecule has 112 valence electrons. The van der Waals surface area contributed by atoms with E-state index in [4.69, 9.17) is 11.6 Å². The van der Waals surface area contributed by atoms with Crippen molar-refractivity contribution in [3.8, 4) is 0 Å². The van der Waals surface area contributed by atoms with Crippen LogP contribution in [0.25, 0.3) is 0 Å². The van der Waals surface area contributed by atoms with Gasteiger partial charge in [-0.1, -0.05) is 47.5 Å². The number of nitrogens with one attached hydrogen (secondary N) is 1. The lowest BCUT2D eigenvalue weighted by molar-refractivity contribution is 0.617. The van der Waals surface area contributed by atoms with Gasteiger partial charge in [0.25, 0.3) is 0 Å². The average Bonchev–Trinajstić information content (AvgIpc) is 2.98. The Morgan fingerprint density at radius 3 is 2.52 bits per heavy atom. The van der Waals surface area contributed by atoms with Gasteiger partial charge in [-0.05, 0) is 32.5 Å². The van der Waals surface area contributed by atoms with E-state index in [1.807, 2.05) is 37.4 Å². The Morgan fingerprint density at radius 2 is 2.00 bits per heavy atom. The maximum absolute atomic E-state index is 5.84. The fourth-order valence-corrected chi connectivity index (χ4v) is 2.52. The smallest absolute Gasteiger partial charge is 0.131 e. The van der Waals surface area contributed by atoms with Gasteiger partial charge in [-0.2, -0.15) is 0 Å². The van der Waals surface area contributed by atoms with Crippen LogP contribution in [0.15, 0.2) is 48.7 Å². The number of pyridine rings is 1. The molecule has 1 aromatic carbocycles. The molecule has 1 N–H and O–H groups in total. The van der Waals surface area contributed by atoms with E-state index in [9.17, 15) is 0 Å². The number of hydrogen-bond acceptors (Lipinski definition) is 3. The van der Waals surface area contributed by atoms with Crippen molar-refractivity contribution in [3.63, 3.8) is 0 Å². The molecule has 1 aliphatic rings. The fourth-order valence-electron chi connectivity index (χ4n) is 2.35. The van der Waals surface area contributed by atoms with Crippen molar-refractivity contribution in [2.45, 2.75) is 19.4 Å². The molecule has 0 bridgehead atoms. The number of hydrogen-bond donors (Lipinski definition) is 1. The van der Waals surface area contributed by atoms with E-state index in [-0.39, 0.29) is 0 Å². The summed E-state index contributed by atoms with van der Waals surface area (Å²) >= 11 is 5.84. The van der Waals surface area contributed by atoms with E-state index in [0.717, 1.165) is 13.1 Å². The Balaban J connectivity index is 0.000000194. The van der Waals surface area contributed by atoms with Crippen LogP contribution in [0.3, 0.4) is 0 Å². The van der Waals surface area contributed by atoms with Crippen molar-refractivity contribution in [3.05, 3.63) is 59.4 Å². The maximum Gasteiger partial charge on any atom is 0.131 e. The summed E-state index contributed by atoms with van der Waals surface area (Å²) in [5.74, 6) is 0. The molecule has 1 atom stereocenters. The van der Waals surface area contributed by atoms with Gasteiger partial charge in [-0.15, -0.1) is 0 Å². The number of aromatic nitrogens is 1. The van der Waals surface area contributed by atoms with Crippen LogP contribution in [-0.2, 0) is 0 Å². The zero-order chi connectivity index (χ0) is 15.1. The van der Waals surface area contributed by atoms with Crippen LogP contribution in [-0.4, -0.2) is 31.2 Å². The number of halogens is 1. The van der Waals surface area contributed by atoms with Crippen molar-refractivity contribution in [2.75, 3.05) is 25.0 Å². The molecule has 2 heterocycles. The van der Waals surface area contributed by atoms with Crippen LogP contribution in [0, 0.1) is 6.92 Å². The van der Waals surface area contributed by atoms with Crippen LogP contribution >= 0.6 is 11.6 Å². The summed E-state index contributed by atoms with van der Waals surface area (Å²) in [5, 5.41) is 3.85. The van der Waals surface area contributed by atoms with Crippen LogP contribution < -0.4 is 10.2 Å². The molecule has 0 saturated carbocycles. The minimum atomic E-state index is 0.565. The summed E-state index contributed by atoms with van der Waals surface area (Å²) in [6.45, 7) is 4.22. The van der Waals surface area contributed by atoms with E-state index in [1.165, 1.54) is 17.7 Å². The van der Waals surface area contributed by atoms with Crippen LogP contribution in [0.5, 0.6) is 0 Å². The minimum absolute atomic E-state index is 0.565. The summed E-state index contributed by atoms with van der Waals surface area (Å²) in [4.78, 5) is 6.30. The van der Waals surface area contributed by atoms with Gasteiger partial charge >= 0.3 is 0 Å². The molecular weight excluding hydrogens is 282 g/mol. The molecule has 4 heteroatoms. The molecule has 2 aromatic rings. The van der Waals surface area contributed by atoms with Gasteiger partial charge < -0.3 is 10.2 Å². The van der Waals surface area contributed by atoms with Gasteiger partial charge in [-0.25, -0.2) is 4.98 Å². The summed E-state index contributed by atoms with van der Waals surface area (Å²) in [7, 11) is 2.01. The second-order valence-electron chi connectivity index (χ2n) is 5.21. The Labute approximate surface area is 132 Å². The third kappa shape index (κ3) is 5.03. The molecule has 0 aliphatic carbocycles. The zero-order valence-corrected chi connectivity index (χ0v) is 13.3. The highest BCUT2D eigenvalue weighted by atomic mass is 35.5. The highest BCUT2D eigenvalue weighted by molar-refractivity contribution is 6.29. The maximum atomic E-state index is 5.84. The third-order valence-corrected chi connectivity index (χ3v) is 3.82. The number of benzene rings is 1. The lowest BCUT2D eigenvalue weighted by atomic mass is 10.2.